The average molecular weight is 493 g/mol. The number of nitrogens with one attached hydrogen (secondary N) is 2. The summed E-state index contributed by atoms with van der Waals surface area (Å²) in [5.41, 5.74) is 2.53. The van der Waals surface area contributed by atoms with Gasteiger partial charge < -0.3 is 9.88 Å². The van der Waals surface area contributed by atoms with Gasteiger partial charge >= 0.3 is 0 Å². The Hall–Kier alpha value is -3.82. The van der Waals surface area contributed by atoms with Crippen LogP contribution < -0.4 is 10.0 Å². The smallest absolute Gasteiger partial charge is 0.244 e. The summed E-state index contributed by atoms with van der Waals surface area (Å²) in [4.78, 5) is 16.8. The van der Waals surface area contributed by atoms with Gasteiger partial charge in [-0.05, 0) is 48.7 Å². The van der Waals surface area contributed by atoms with E-state index in [4.69, 9.17) is 0 Å². The fourth-order valence-electron chi connectivity index (χ4n) is 3.70. The highest BCUT2D eigenvalue weighted by Crippen LogP contribution is 2.18. The van der Waals surface area contributed by atoms with Crippen LogP contribution in [0.15, 0.2) is 102 Å². The van der Waals surface area contributed by atoms with Crippen LogP contribution in [0, 0.1) is 5.82 Å². The maximum atomic E-state index is 14.2. The largest absolute Gasteiger partial charge is 0.348 e. The van der Waals surface area contributed by atoms with Crippen LogP contribution >= 0.6 is 0 Å². The second-order valence-electron chi connectivity index (χ2n) is 8.09. The van der Waals surface area contributed by atoms with Crippen LogP contribution in [0.2, 0.25) is 0 Å². The Balaban J connectivity index is 1.53. The zero-order chi connectivity index (χ0) is 24.8. The molecule has 2 atom stereocenters. The molecule has 35 heavy (non-hydrogen) atoms. The zero-order valence-electron chi connectivity index (χ0n) is 19.0. The number of rotatable bonds is 9. The molecule has 9 heteroatoms. The predicted molar refractivity (Wildman–Crippen MR) is 131 cm³/mol. The van der Waals surface area contributed by atoms with E-state index in [9.17, 15) is 17.6 Å². The van der Waals surface area contributed by atoms with E-state index in [0.29, 0.717) is 0 Å². The molecule has 0 saturated heterocycles. The van der Waals surface area contributed by atoms with E-state index in [1.807, 2.05) is 48.0 Å². The third kappa shape index (κ3) is 6.00. The number of carbonyl (C=O) groups excluding carboxylic acids is 1. The van der Waals surface area contributed by atoms with Gasteiger partial charge in [0.1, 0.15) is 16.8 Å². The second kappa shape index (κ2) is 10.6. The monoisotopic (exact) mass is 492 g/mol. The van der Waals surface area contributed by atoms with Gasteiger partial charge in [0.05, 0.1) is 12.4 Å². The van der Waals surface area contributed by atoms with Crippen molar-refractivity contribution in [3.8, 4) is 5.69 Å². The van der Waals surface area contributed by atoms with Crippen molar-refractivity contribution in [2.45, 2.75) is 30.3 Å². The van der Waals surface area contributed by atoms with Gasteiger partial charge in [0.25, 0.3) is 0 Å². The van der Waals surface area contributed by atoms with Gasteiger partial charge in [0.15, 0.2) is 0 Å². The quantitative estimate of drug-likeness (QED) is 0.372. The van der Waals surface area contributed by atoms with E-state index < -0.39 is 38.7 Å². The molecule has 2 N–H and O–H groups in total. The Morgan fingerprint density at radius 2 is 1.69 bits per heavy atom. The number of hydrogen-bond donors (Lipinski definition) is 2. The number of amides is 1. The number of hydrogen-bond acceptors (Lipinski definition) is 4. The fourth-order valence-corrected chi connectivity index (χ4v) is 4.97. The first-order chi connectivity index (χ1) is 16.8. The van der Waals surface area contributed by atoms with Gasteiger partial charge in [-0.2, -0.15) is 4.72 Å². The first-order valence-electron chi connectivity index (χ1n) is 11.0. The van der Waals surface area contributed by atoms with E-state index in [2.05, 4.69) is 15.0 Å². The first-order valence-corrected chi connectivity index (χ1v) is 12.5. The summed E-state index contributed by atoms with van der Waals surface area (Å²) in [6, 6.07) is 20.2. The lowest BCUT2D eigenvalue weighted by atomic mass is 10.0. The van der Waals surface area contributed by atoms with Crippen molar-refractivity contribution in [2.24, 2.45) is 0 Å². The van der Waals surface area contributed by atoms with Crippen LogP contribution in [-0.2, 0) is 21.2 Å². The van der Waals surface area contributed by atoms with Crippen molar-refractivity contribution in [1.29, 1.82) is 0 Å². The Kier molecular flexibility index (Phi) is 7.38. The number of imidazole rings is 1. The van der Waals surface area contributed by atoms with E-state index in [0.717, 1.165) is 22.9 Å². The normalized spacial score (nSPS) is 13.2. The van der Waals surface area contributed by atoms with Crippen molar-refractivity contribution in [3.63, 3.8) is 0 Å². The average Bonchev–Trinajstić information content (AvgIpc) is 3.39. The molecule has 0 aliphatic rings. The zero-order valence-corrected chi connectivity index (χ0v) is 19.8. The van der Waals surface area contributed by atoms with Crippen molar-refractivity contribution in [1.82, 2.24) is 19.6 Å². The molecule has 0 aliphatic carbocycles. The molecular weight excluding hydrogens is 467 g/mol. The van der Waals surface area contributed by atoms with Gasteiger partial charge in [-0.1, -0.05) is 54.6 Å². The predicted octanol–water partition coefficient (Wildman–Crippen LogP) is 3.78. The number of aromatic nitrogens is 2. The maximum Gasteiger partial charge on any atom is 0.244 e. The van der Waals surface area contributed by atoms with Gasteiger partial charge in [0, 0.05) is 18.1 Å². The molecule has 4 rings (SSSR count). The number of carbonyl (C=O) groups is 1. The Labute approximate surface area is 203 Å². The van der Waals surface area contributed by atoms with Crippen molar-refractivity contribution >= 4 is 15.9 Å². The molecular formula is C26H25FN4O3S. The van der Waals surface area contributed by atoms with Crippen LogP contribution in [0.25, 0.3) is 5.69 Å². The highest BCUT2D eigenvalue weighted by atomic mass is 32.2. The van der Waals surface area contributed by atoms with E-state index in [1.54, 1.807) is 36.8 Å². The summed E-state index contributed by atoms with van der Waals surface area (Å²) < 4.78 is 44.3. The molecule has 180 valence electrons. The number of halogens is 1. The van der Waals surface area contributed by atoms with Crippen molar-refractivity contribution in [2.75, 3.05) is 0 Å². The van der Waals surface area contributed by atoms with Crippen LogP contribution in [-0.4, -0.2) is 29.9 Å². The second-order valence-corrected chi connectivity index (χ2v) is 9.77. The molecule has 0 radical (unpaired) electrons. The minimum Gasteiger partial charge on any atom is -0.348 e. The summed E-state index contributed by atoms with van der Waals surface area (Å²) in [6.45, 7) is 1.81. The highest BCUT2D eigenvalue weighted by molar-refractivity contribution is 7.89. The summed E-state index contributed by atoms with van der Waals surface area (Å²) in [6.07, 6.45) is 5.31. The van der Waals surface area contributed by atoms with E-state index in [-0.39, 0.29) is 6.42 Å². The maximum absolute atomic E-state index is 14.2. The van der Waals surface area contributed by atoms with Gasteiger partial charge in [-0.15, -0.1) is 0 Å². The standard InChI is InChI=1S/C26H25FN4O3S/c1-19(21-11-13-22(14-12-21)31-16-15-28-18-31)29-26(32)24(17-20-7-3-2-4-8-20)30-35(33,34)25-10-6-5-9-23(25)27/h2-16,18-19,24,30H,17H2,1H3,(H,29,32). The van der Waals surface area contributed by atoms with Crippen LogP contribution in [0.1, 0.15) is 24.1 Å². The minimum absolute atomic E-state index is 0.104. The number of benzene rings is 3. The molecule has 1 amide bonds. The summed E-state index contributed by atoms with van der Waals surface area (Å²) in [7, 11) is -4.28. The molecule has 1 aromatic heterocycles. The topological polar surface area (TPSA) is 93.1 Å². The lowest BCUT2D eigenvalue weighted by Crippen LogP contribution is -2.48. The molecule has 0 aliphatic heterocycles. The summed E-state index contributed by atoms with van der Waals surface area (Å²) >= 11 is 0. The van der Waals surface area contributed by atoms with Crippen molar-refractivity contribution in [3.05, 3.63) is 115 Å². The van der Waals surface area contributed by atoms with Crippen LogP contribution in [0.4, 0.5) is 4.39 Å². The molecule has 2 unspecified atom stereocenters. The van der Waals surface area contributed by atoms with Gasteiger partial charge in [-0.25, -0.2) is 17.8 Å². The molecule has 3 aromatic carbocycles. The molecule has 7 nitrogen and oxygen atoms in total. The Morgan fingerprint density at radius 3 is 2.34 bits per heavy atom. The minimum atomic E-state index is -4.28. The Morgan fingerprint density at radius 1 is 1.00 bits per heavy atom. The molecule has 0 spiro atoms. The third-order valence-electron chi connectivity index (χ3n) is 5.58. The van der Waals surface area contributed by atoms with E-state index >= 15 is 0 Å². The summed E-state index contributed by atoms with van der Waals surface area (Å²) in [5, 5.41) is 2.88. The third-order valence-corrected chi connectivity index (χ3v) is 7.08. The van der Waals surface area contributed by atoms with Crippen LogP contribution in [0.5, 0.6) is 0 Å². The first kappa shape index (κ1) is 24.3. The fraction of sp³-hybridized carbons (Fsp3) is 0.154. The summed E-state index contributed by atoms with van der Waals surface area (Å²) in [5.74, 6) is -1.40. The number of nitrogens with zero attached hydrogens (tertiary/aromatic N) is 2. The highest BCUT2D eigenvalue weighted by Gasteiger charge is 2.28. The lowest BCUT2D eigenvalue weighted by Gasteiger charge is -2.22. The number of sulfonamides is 1. The van der Waals surface area contributed by atoms with Gasteiger partial charge in [0.2, 0.25) is 15.9 Å². The molecule has 0 bridgehead atoms. The van der Waals surface area contributed by atoms with E-state index in [1.165, 1.54) is 18.2 Å². The molecule has 0 fully saturated rings. The molecule has 0 saturated carbocycles. The SMILES string of the molecule is CC(NC(=O)C(Cc1ccccc1)NS(=O)(=O)c1ccccc1F)c1ccc(-n2ccnc2)cc1. The van der Waals surface area contributed by atoms with Crippen molar-refractivity contribution < 1.29 is 17.6 Å². The Bertz CT molecular complexity index is 1380. The lowest BCUT2D eigenvalue weighted by molar-refractivity contribution is -0.123. The van der Waals surface area contributed by atoms with Gasteiger partial charge in [-0.3, -0.25) is 4.79 Å². The molecule has 1 heterocycles. The molecule has 4 aromatic rings. The van der Waals surface area contributed by atoms with Crippen LogP contribution in [0.3, 0.4) is 0 Å².